The summed E-state index contributed by atoms with van der Waals surface area (Å²) in [5, 5.41) is 4.70. The van der Waals surface area contributed by atoms with Crippen molar-refractivity contribution in [3.05, 3.63) is 0 Å². The van der Waals surface area contributed by atoms with Crippen LogP contribution in [-0.2, 0) is 9.59 Å². The summed E-state index contributed by atoms with van der Waals surface area (Å²) < 4.78 is 0. The molecule has 0 spiro atoms. The minimum absolute atomic E-state index is 0.302. The number of nitrogens with one attached hydrogen (secondary N) is 2. The molecule has 70 valence electrons. The standard InChI is InChI=1S/C8H11N3O2/c12-6-7(13)11-8(10-6)9-4-3-5-1-2-5/h5H,1-4H2,(H2,9,10,11,12,13). The van der Waals surface area contributed by atoms with Crippen LogP contribution in [0.15, 0.2) is 4.99 Å². The molecule has 5 heteroatoms. The van der Waals surface area contributed by atoms with Gasteiger partial charge in [-0.1, -0.05) is 12.8 Å². The van der Waals surface area contributed by atoms with Gasteiger partial charge < -0.3 is 0 Å². The molecule has 0 aromatic carbocycles. The van der Waals surface area contributed by atoms with Crippen LogP contribution in [0.25, 0.3) is 0 Å². The van der Waals surface area contributed by atoms with Gasteiger partial charge >= 0.3 is 11.8 Å². The van der Waals surface area contributed by atoms with Gasteiger partial charge in [-0.05, 0) is 12.3 Å². The molecule has 0 bridgehead atoms. The molecule has 0 radical (unpaired) electrons. The van der Waals surface area contributed by atoms with Gasteiger partial charge in [0.1, 0.15) is 0 Å². The lowest BCUT2D eigenvalue weighted by Crippen LogP contribution is -2.25. The Morgan fingerprint density at radius 3 is 2.38 bits per heavy atom. The number of guanidine groups is 1. The van der Waals surface area contributed by atoms with E-state index in [1.54, 1.807) is 0 Å². The van der Waals surface area contributed by atoms with Crippen LogP contribution in [0.1, 0.15) is 19.3 Å². The third kappa shape index (κ3) is 2.05. The summed E-state index contributed by atoms with van der Waals surface area (Å²) in [5.74, 6) is -0.122. The number of hydrogen-bond acceptors (Lipinski definition) is 3. The summed E-state index contributed by atoms with van der Waals surface area (Å²) >= 11 is 0. The van der Waals surface area contributed by atoms with Gasteiger partial charge in [-0.15, -0.1) is 0 Å². The largest absolute Gasteiger partial charge is 0.316 e. The first-order valence-electron chi connectivity index (χ1n) is 4.42. The zero-order valence-corrected chi connectivity index (χ0v) is 7.17. The Labute approximate surface area is 75.6 Å². The van der Waals surface area contributed by atoms with Gasteiger partial charge in [0.05, 0.1) is 0 Å². The predicted octanol–water partition coefficient (Wildman–Crippen LogP) is -0.612. The maximum absolute atomic E-state index is 10.7. The highest BCUT2D eigenvalue weighted by atomic mass is 16.2. The molecule has 1 heterocycles. The lowest BCUT2D eigenvalue weighted by molar-refractivity contribution is -0.135. The third-order valence-corrected chi connectivity index (χ3v) is 2.17. The van der Waals surface area contributed by atoms with Crippen LogP contribution in [-0.4, -0.2) is 24.3 Å². The monoisotopic (exact) mass is 181 g/mol. The topological polar surface area (TPSA) is 70.6 Å². The summed E-state index contributed by atoms with van der Waals surface area (Å²) in [4.78, 5) is 25.4. The highest BCUT2D eigenvalue weighted by Crippen LogP contribution is 2.32. The van der Waals surface area contributed by atoms with E-state index < -0.39 is 11.8 Å². The van der Waals surface area contributed by atoms with E-state index in [0.29, 0.717) is 12.5 Å². The van der Waals surface area contributed by atoms with Gasteiger partial charge in [-0.25, -0.2) is 0 Å². The number of carbonyl (C=O) groups is 2. The predicted molar refractivity (Wildman–Crippen MR) is 45.9 cm³/mol. The minimum Gasteiger partial charge on any atom is -0.288 e. The van der Waals surface area contributed by atoms with Crippen molar-refractivity contribution in [1.82, 2.24) is 10.6 Å². The smallest absolute Gasteiger partial charge is 0.288 e. The van der Waals surface area contributed by atoms with Crippen molar-refractivity contribution >= 4 is 17.8 Å². The van der Waals surface area contributed by atoms with Gasteiger partial charge in [0.25, 0.3) is 0 Å². The van der Waals surface area contributed by atoms with E-state index in [1.807, 2.05) is 0 Å². The highest BCUT2D eigenvalue weighted by molar-refractivity contribution is 6.45. The number of nitrogens with zero attached hydrogens (tertiary/aromatic N) is 1. The second-order valence-corrected chi connectivity index (χ2v) is 3.37. The van der Waals surface area contributed by atoms with Crippen LogP contribution in [0.2, 0.25) is 0 Å². The van der Waals surface area contributed by atoms with Crippen LogP contribution in [0.3, 0.4) is 0 Å². The molecular weight excluding hydrogens is 170 g/mol. The third-order valence-electron chi connectivity index (χ3n) is 2.17. The summed E-state index contributed by atoms with van der Waals surface area (Å²) in [6.07, 6.45) is 3.64. The summed E-state index contributed by atoms with van der Waals surface area (Å²) in [6, 6.07) is 0. The number of rotatable bonds is 3. The molecule has 1 saturated carbocycles. The first-order valence-corrected chi connectivity index (χ1v) is 4.42. The average molecular weight is 181 g/mol. The Morgan fingerprint density at radius 2 is 1.85 bits per heavy atom. The molecule has 0 unspecified atom stereocenters. The lowest BCUT2D eigenvalue weighted by Gasteiger charge is -1.95. The lowest BCUT2D eigenvalue weighted by atomic mass is 10.3. The first-order chi connectivity index (χ1) is 6.25. The number of aliphatic imine (C=N–C) groups is 1. The maximum atomic E-state index is 10.7. The molecule has 0 aromatic heterocycles. The molecular formula is C8H11N3O2. The summed E-state index contributed by atoms with van der Waals surface area (Å²) in [6.45, 7) is 0.681. The first kappa shape index (κ1) is 8.22. The highest BCUT2D eigenvalue weighted by Gasteiger charge is 2.25. The van der Waals surface area contributed by atoms with Crippen LogP contribution in [0, 0.1) is 5.92 Å². The van der Waals surface area contributed by atoms with Gasteiger partial charge in [-0.2, -0.15) is 0 Å². The van der Waals surface area contributed by atoms with Crippen molar-refractivity contribution in [2.24, 2.45) is 10.9 Å². The minimum atomic E-state index is -0.620. The number of carbonyl (C=O) groups excluding carboxylic acids is 2. The molecule has 1 aliphatic heterocycles. The number of amides is 2. The fourth-order valence-corrected chi connectivity index (χ4v) is 1.20. The maximum Gasteiger partial charge on any atom is 0.316 e. The molecule has 2 aliphatic rings. The van der Waals surface area contributed by atoms with Gasteiger partial charge in [0, 0.05) is 6.54 Å². The molecule has 2 amide bonds. The van der Waals surface area contributed by atoms with E-state index in [-0.39, 0.29) is 0 Å². The zero-order chi connectivity index (χ0) is 9.26. The molecule has 2 rings (SSSR count). The molecule has 2 fully saturated rings. The van der Waals surface area contributed by atoms with Gasteiger partial charge in [0.2, 0.25) is 5.96 Å². The molecule has 2 N–H and O–H groups in total. The van der Waals surface area contributed by atoms with E-state index in [9.17, 15) is 9.59 Å². The summed E-state index contributed by atoms with van der Waals surface area (Å²) in [5.41, 5.74) is 0. The van der Waals surface area contributed by atoms with Crippen molar-refractivity contribution in [1.29, 1.82) is 0 Å². The van der Waals surface area contributed by atoms with Crippen molar-refractivity contribution in [2.45, 2.75) is 19.3 Å². The number of hydrogen-bond donors (Lipinski definition) is 2. The van der Waals surface area contributed by atoms with Crippen LogP contribution >= 0.6 is 0 Å². The van der Waals surface area contributed by atoms with Crippen molar-refractivity contribution in [2.75, 3.05) is 6.54 Å². The average Bonchev–Trinajstić information content (AvgIpc) is 2.82. The van der Waals surface area contributed by atoms with E-state index in [0.717, 1.165) is 12.3 Å². The molecule has 1 saturated heterocycles. The fraction of sp³-hybridized carbons (Fsp3) is 0.625. The van der Waals surface area contributed by atoms with Crippen LogP contribution in [0.5, 0.6) is 0 Å². The van der Waals surface area contributed by atoms with E-state index in [2.05, 4.69) is 15.6 Å². The van der Waals surface area contributed by atoms with E-state index in [1.165, 1.54) is 12.8 Å². The van der Waals surface area contributed by atoms with Crippen molar-refractivity contribution in [3.8, 4) is 0 Å². The Kier molecular flexibility index (Phi) is 2.00. The molecule has 5 nitrogen and oxygen atoms in total. The Morgan fingerprint density at radius 1 is 1.23 bits per heavy atom. The Bertz CT molecular complexity index is 263. The molecule has 13 heavy (non-hydrogen) atoms. The molecule has 1 aliphatic carbocycles. The SMILES string of the molecule is O=C1NC(=NCCC2CC2)NC1=O. The van der Waals surface area contributed by atoms with Crippen LogP contribution < -0.4 is 10.6 Å². The second kappa shape index (κ2) is 3.16. The normalized spacial score (nSPS) is 21.4. The Balaban J connectivity index is 1.79. The van der Waals surface area contributed by atoms with Crippen molar-refractivity contribution < 1.29 is 9.59 Å². The fourth-order valence-electron chi connectivity index (χ4n) is 1.20. The molecule has 0 aromatic rings. The Hall–Kier alpha value is -1.39. The molecule has 0 atom stereocenters. The van der Waals surface area contributed by atoms with Gasteiger partial charge in [-0.3, -0.25) is 25.2 Å². The second-order valence-electron chi connectivity index (χ2n) is 3.37. The van der Waals surface area contributed by atoms with Gasteiger partial charge in [0.15, 0.2) is 0 Å². The summed E-state index contributed by atoms with van der Waals surface area (Å²) in [7, 11) is 0. The van der Waals surface area contributed by atoms with E-state index >= 15 is 0 Å². The van der Waals surface area contributed by atoms with Crippen LogP contribution in [0.4, 0.5) is 0 Å². The van der Waals surface area contributed by atoms with Crippen molar-refractivity contribution in [3.63, 3.8) is 0 Å². The van der Waals surface area contributed by atoms with E-state index in [4.69, 9.17) is 0 Å². The zero-order valence-electron chi connectivity index (χ0n) is 7.17. The quantitative estimate of drug-likeness (QED) is 0.570.